The molecule has 1 heterocycles. The summed E-state index contributed by atoms with van der Waals surface area (Å²) in [6, 6.07) is 0. The van der Waals surface area contributed by atoms with Gasteiger partial charge in [-0.2, -0.15) is 13.2 Å². The minimum absolute atomic E-state index is 0.0253. The molecular formula is C14H13BrF3NO4S. The maximum Gasteiger partial charge on any atom is 0.447 e. The van der Waals surface area contributed by atoms with Gasteiger partial charge < -0.3 is 9.47 Å². The van der Waals surface area contributed by atoms with Gasteiger partial charge in [0.1, 0.15) is 10.6 Å². The van der Waals surface area contributed by atoms with Crippen LogP contribution in [0.15, 0.2) is 21.8 Å². The number of nitrogens with zero attached hydrogens (tertiary/aromatic N) is 1. The van der Waals surface area contributed by atoms with E-state index in [1.54, 1.807) is 6.92 Å². The molecular weight excluding hydrogens is 415 g/mol. The Morgan fingerprint density at radius 2 is 1.92 bits per heavy atom. The standard InChI is InChI=1S/C14H13BrF3NO4S/c1-3-22-10(20)6-5-8-9(15)7-19-12(24-14(16,17)18)11(8)13(21)23-4-2/h5-7H,3-4H2,1-2H3/b6-5+. The Kier molecular flexibility index (Phi) is 7.74. The third-order valence-electron chi connectivity index (χ3n) is 2.40. The molecule has 0 fully saturated rings. The van der Waals surface area contributed by atoms with E-state index in [0.717, 1.165) is 12.3 Å². The van der Waals surface area contributed by atoms with Crippen LogP contribution < -0.4 is 0 Å². The molecule has 0 saturated heterocycles. The molecule has 0 atom stereocenters. The Morgan fingerprint density at radius 1 is 1.29 bits per heavy atom. The number of ether oxygens (including phenoxy) is 2. The lowest BCUT2D eigenvalue weighted by Crippen LogP contribution is -2.12. The number of hydrogen-bond donors (Lipinski definition) is 0. The number of carbonyl (C=O) groups excluding carboxylic acids is 2. The molecule has 10 heteroatoms. The van der Waals surface area contributed by atoms with Crippen LogP contribution in [0.3, 0.4) is 0 Å². The summed E-state index contributed by atoms with van der Waals surface area (Å²) in [6.45, 7) is 3.24. The van der Waals surface area contributed by atoms with E-state index in [4.69, 9.17) is 9.47 Å². The molecule has 0 aliphatic rings. The van der Waals surface area contributed by atoms with E-state index in [2.05, 4.69) is 20.9 Å². The molecule has 0 aliphatic heterocycles. The number of esters is 2. The highest BCUT2D eigenvalue weighted by molar-refractivity contribution is 9.10. The van der Waals surface area contributed by atoms with Gasteiger partial charge in [0.05, 0.1) is 13.2 Å². The minimum atomic E-state index is -4.63. The number of alkyl halides is 3. The third kappa shape index (κ3) is 6.16. The molecule has 0 amide bonds. The van der Waals surface area contributed by atoms with Gasteiger partial charge in [-0.3, -0.25) is 0 Å². The molecule has 0 unspecified atom stereocenters. The molecule has 1 aromatic rings. The number of pyridine rings is 1. The smallest absolute Gasteiger partial charge is 0.447 e. The molecule has 1 aromatic heterocycles. The van der Waals surface area contributed by atoms with Crippen LogP contribution in [0.25, 0.3) is 6.08 Å². The van der Waals surface area contributed by atoms with Gasteiger partial charge in [-0.05, 0) is 35.9 Å². The zero-order valence-electron chi connectivity index (χ0n) is 12.6. The van der Waals surface area contributed by atoms with Crippen LogP contribution in [0.4, 0.5) is 13.2 Å². The number of aromatic nitrogens is 1. The fourth-order valence-corrected chi connectivity index (χ4v) is 2.63. The summed E-state index contributed by atoms with van der Waals surface area (Å²) in [5.74, 6) is -1.66. The van der Waals surface area contributed by atoms with Gasteiger partial charge >= 0.3 is 17.4 Å². The highest BCUT2D eigenvalue weighted by Crippen LogP contribution is 2.40. The number of halogens is 4. The molecule has 0 aromatic carbocycles. The molecule has 1 rings (SSSR count). The van der Waals surface area contributed by atoms with Gasteiger partial charge in [0, 0.05) is 34.1 Å². The van der Waals surface area contributed by atoms with Gasteiger partial charge in [0.25, 0.3) is 0 Å². The van der Waals surface area contributed by atoms with Crippen LogP contribution in [-0.4, -0.2) is 35.6 Å². The van der Waals surface area contributed by atoms with E-state index in [1.807, 2.05) is 0 Å². The maximum atomic E-state index is 12.7. The van der Waals surface area contributed by atoms with Crippen LogP contribution in [-0.2, 0) is 14.3 Å². The van der Waals surface area contributed by atoms with E-state index < -0.39 is 34.2 Å². The van der Waals surface area contributed by atoms with Gasteiger partial charge in [-0.1, -0.05) is 0 Å². The molecule has 0 bridgehead atoms. The fourth-order valence-electron chi connectivity index (χ4n) is 1.58. The van der Waals surface area contributed by atoms with Crippen molar-refractivity contribution in [1.29, 1.82) is 0 Å². The first-order valence-electron chi connectivity index (χ1n) is 6.65. The summed E-state index contributed by atoms with van der Waals surface area (Å²) in [5, 5.41) is -0.562. The van der Waals surface area contributed by atoms with Crippen molar-refractivity contribution in [3.05, 3.63) is 27.9 Å². The van der Waals surface area contributed by atoms with Gasteiger partial charge in [-0.15, -0.1) is 0 Å². The molecule has 132 valence electrons. The number of hydrogen-bond acceptors (Lipinski definition) is 6. The van der Waals surface area contributed by atoms with Crippen molar-refractivity contribution < 1.29 is 32.2 Å². The minimum Gasteiger partial charge on any atom is -0.463 e. The van der Waals surface area contributed by atoms with Crippen molar-refractivity contribution >= 4 is 45.7 Å². The second-order valence-electron chi connectivity index (χ2n) is 4.05. The molecule has 0 radical (unpaired) electrons. The predicted molar refractivity (Wildman–Crippen MR) is 85.5 cm³/mol. The third-order valence-corrected chi connectivity index (χ3v) is 3.77. The monoisotopic (exact) mass is 427 g/mol. The van der Waals surface area contributed by atoms with Crippen LogP contribution in [0.5, 0.6) is 0 Å². The lowest BCUT2D eigenvalue weighted by molar-refractivity contribution is -0.137. The Hall–Kier alpha value is -1.55. The largest absolute Gasteiger partial charge is 0.463 e. The lowest BCUT2D eigenvalue weighted by Gasteiger charge is -2.13. The average Bonchev–Trinajstić information content (AvgIpc) is 2.46. The zero-order chi connectivity index (χ0) is 18.3. The second kappa shape index (κ2) is 9.07. The molecule has 0 N–H and O–H groups in total. The van der Waals surface area contributed by atoms with Crippen molar-refractivity contribution in [3.63, 3.8) is 0 Å². The van der Waals surface area contributed by atoms with Gasteiger partial charge in [0.2, 0.25) is 0 Å². The molecule has 24 heavy (non-hydrogen) atoms. The number of rotatable bonds is 6. The van der Waals surface area contributed by atoms with E-state index in [9.17, 15) is 22.8 Å². The van der Waals surface area contributed by atoms with E-state index in [1.165, 1.54) is 13.0 Å². The predicted octanol–water partition coefficient (Wildman–Crippen LogP) is 4.21. The molecule has 0 spiro atoms. The number of thioether (sulfide) groups is 1. The van der Waals surface area contributed by atoms with E-state index in [0.29, 0.717) is 0 Å². The summed E-state index contributed by atoms with van der Waals surface area (Å²) in [5.41, 5.74) is -4.97. The van der Waals surface area contributed by atoms with Crippen molar-refractivity contribution in [2.75, 3.05) is 13.2 Å². The van der Waals surface area contributed by atoms with Crippen LogP contribution in [0, 0.1) is 0 Å². The van der Waals surface area contributed by atoms with Crippen LogP contribution in [0.1, 0.15) is 29.8 Å². The summed E-state index contributed by atoms with van der Waals surface area (Å²) in [4.78, 5) is 27.1. The Balaban J connectivity index is 3.40. The maximum absolute atomic E-state index is 12.7. The Morgan fingerprint density at radius 3 is 2.46 bits per heavy atom. The summed E-state index contributed by atoms with van der Waals surface area (Å²) in [7, 11) is 0. The van der Waals surface area contributed by atoms with E-state index >= 15 is 0 Å². The van der Waals surface area contributed by atoms with Crippen LogP contribution in [0.2, 0.25) is 0 Å². The summed E-state index contributed by atoms with van der Waals surface area (Å²) >= 11 is 2.57. The van der Waals surface area contributed by atoms with Crippen molar-refractivity contribution in [1.82, 2.24) is 4.98 Å². The Labute approximate surface area is 148 Å². The number of carbonyl (C=O) groups is 2. The summed E-state index contributed by atoms with van der Waals surface area (Å²) in [6.07, 6.45) is 3.30. The normalized spacial score (nSPS) is 11.6. The van der Waals surface area contributed by atoms with Crippen molar-refractivity contribution in [3.8, 4) is 0 Å². The molecule has 0 aliphatic carbocycles. The Bertz CT molecular complexity index is 650. The first-order chi connectivity index (χ1) is 11.2. The second-order valence-corrected chi connectivity index (χ2v) is 5.96. The quantitative estimate of drug-likeness (QED) is 0.384. The van der Waals surface area contributed by atoms with Crippen molar-refractivity contribution in [2.45, 2.75) is 24.4 Å². The molecule has 0 saturated carbocycles. The van der Waals surface area contributed by atoms with Gasteiger partial charge in [-0.25, -0.2) is 14.6 Å². The van der Waals surface area contributed by atoms with Crippen LogP contribution >= 0.6 is 27.7 Å². The average molecular weight is 428 g/mol. The highest BCUT2D eigenvalue weighted by Gasteiger charge is 2.34. The highest BCUT2D eigenvalue weighted by atomic mass is 79.9. The lowest BCUT2D eigenvalue weighted by atomic mass is 10.1. The summed E-state index contributed by atoms with van der Waals surface area (Å²) < 4.78 is 47.8. The van der Waals surface area contributed by atoms with E-state index in [-0.39, 0.29) is 28.8 Å². The topological polar surface area (TPSA) is 65.5 Å². The first-order valence-corrected chi connectivity index (χ1v) is 8.26. The van der Waals surface area contributed by atoms with Crippen molar-refractivity contribution in [2.24, 2.45) is 0 Å². The molecule has 5 nitrogen and oxygen atoms in total. The fraction of sp³-hybridized carbons (Fsp3) is 0.357. The zero-order valence-corrected chi connectivity index (χ0v) is 15.0. The SMILES string of the molecule is CCOC(=O)/C=C/c1c(Br)cnc(SC(F)(F)F)c1C(=O)OCC. The first kappa shape index (κ1) is 20.5. The van der Waals surface area contributed by atoms with Gasteiger partial charge in [0.15, 0.2) is 0 Å².